The van der Waals surface area contributed by atoms with Crippen LogP contribution in [0.5, 0.6) is 0 Å². The highest BCUT2D eigenvalue weighted by molar-refractivity contribution is 14.0. The van der Waals surface area contributed by atoms with Crippen molar-refractivity contribution in [2.24, 2.45) is 10.1 Å². The molecule has 0 unspecified atom stereocenters. The first-order valence-electron chi connectivity index (χ1n) is 9.05. The van der Waals surface area contributed by atoms with Gasteiger partial charge < -0.3 is 10.6 Å². The second-order valence-electron chi connectivity index (χ2n) is 7.30. The highest BCUT2D eigenvalue weighted by atomic mass is 127. The molecule has 0 aliphatic carbocycles. The highest BCUT2D eigenvalue weighted by Crippen LogP contribution is 2.29. The van der Waals surface area contributed by atoms with Gasteiger partial charge in [-0.2, -0.15) is 0 Å². The third kappa shape index (κ3) is 7.68. The molecule has 6 nitrogen and oxygen atoms in total. The van der Waals surface area contributed by atoms with E-state index in [-0.39, 0.29) is 40.1 Å². The van der Waals surface area contributed by atoms with Crippen LogP contribution in [-0.4, -0.2) is 34.5 Å². The third-order valence-corrected chi connectivity index (χ3v) is 5.78. The van der Waals surface area contributed by atoms with Gasteiger partial charge in [-0.15, -0.1) is 24.0 Å². The smallest absolute Gasteiger partial charge is 0.238 e. The summed E-state index contributed by atoms with van der Waals surface area (Å²) in [7, 11) is -2.01. The fourth-order valence-corrected chi connectivity index (χ4v) is 3.77. The summed E-state index contributed by atoms with van der Waals surface area (Å²) in [4.78, 5) is 4.30. The van der Waals surface area contributed by atoms with Crippen LogP contribution in [0.4, 0.5) is 4.39 Å². The number of halogens is 3. The Hall–Kier alpha value is -1.43. The quantitative estimate of drug-likeness (QED) is 0.271. The van der Waals surface area contributed by atoms with Crippen LogP contribution in [0.1, 0.15) is 25.0 Å². The Morgan fingerprint density at radius 3 is 2.33 bits per heavy atom. The molecule has 0 saturated carbocycles. The van der Waals surface area contributed by atoms with Crippen molar-refractivity contribution in [3.63, 3.8) is 0 Å². The van der Waals surface area contributed by atoms with Crippen LogP contribution in [0.15, 0.2) is 52.4 Å². The minimum absolute atomic E-state index is 0. The monoisotopic (exact) mass is 568 g/mol. The van der Waals surface area contributed by atoms with E-state index in [0.29, 0.717) is 30.5 Å². The molecule has 2 aromatic carbocycles. The molecule has 0 bridgehead atoms. The molecule has 4 N–H and O–H groups in total. The van der Waals surface area contributed by atoms with Gasteiger partial charge in [0.05, 0.1) is 4.90 Å². The Labute approximate surface area is 199 Å². The molecule has 0 heterocycles. The van der Waals surface area contributed by atoms with E-state index in [1.807, 2.05) is 13.8 Å². The van der Waals surface area contributed by atoms with Gasteiger partial charge in [-0.1, -0.05) is 43.6 Å². The van der Waals surface area contributed by atoms with E-state index >= 15 is 0 Å². The van der Waals surface area contributed by atoms with E-state index in [1.54, 1.807) is 25.2 Å². The number of nitrogens with two attached hydrogens (primary N) is 1. The van der Waals surface area contributed by atoms with Crippen LogP contribution < -0.4 is 15.8 Å². The van der Waals surface area contributed by atoms with Crippen molar-refractivity contribution in [1.29, 1.82) is 0 Å². The summed E-state index contributed by atoms with van der Waals surface area (Å²) < 4.78 is 35.9. The van der Waals surface area contributed by atoms with Gasteiger partial charge in [-0.25, -0.2) is 17.9 Å². The van der Waals surface area contributed by atoms with Crippen molar-refractivity contribution in [3.05, 3.63) is 64.4 Å². The summed E-state index contributed by atoms with van der Waals surface area (Å²) >= 11 is 6.19. The maximum atomic E-state index is 13.3. The number of guanidine groups is 1. The molecule has 0 aliphatic rings. The maximum Gasteiger partial charge on any atom is 0.238 e. The predicted molar refractivity (Wildman–Crippen MR) is 131 cm³/mol. The summed E-state index contributed by atoms with van der Waals surface area (Å²) in [6.07, 6.45) is 0.679. The number of nitrogens with one attached hydrogen (secondary N) is 2. The van der Waals surface area contributed by atoms with E-state index in [2.05, 4.69) is 15.6 Å². The zero-order valence-electron chi connectivity index (χ0n) is 17.1. The number of sulfonamides is 1. The normalized spacial score (nSPS) is 12.3. The van der Waals surface area contributed by atoms with Gasteiger partial charge in [-0.05, 0) is 41.8 Å². The lowest BCUT2D eigenvalue weighted by molar-refractivity contribution is 0.507. The molecule has 2 aromatic rings. The Morgan fingerprint density at radius 1 is 1.17 bits per heavy atom. The van der Waals surface area contributed by atoms with E-state index in [1.165, 1.54) is 24.3 Å². The molecule has 166 valence electrons. The van der Waals surface area contributed by atoms with Crippen LogP contribution in [0, 0.1) is 5.82 Å². The minimum Gasteiger partial charge on any atom is -0.356 e. The van der Waals surface area contributed by atoms with Gasteiger partial charge >= 0.3 is 0 Å². The Bertz CT molecular complexity index is 983. The molecular formula is C20H27ClFIN4O2S. The van der Waals surface area contributed by atoms with Gasteiger partial charge in [0.2, 0.25) is 10.0 Å². The fraction of sp³-hybridized carbons (Fsp3) is 0.350. The second kappa shape index (κ2) is 11.3. The van der Waals surface area contributed by atoms with E-state index < -0.39 is 10.0 Å². The SMILES string of the molecule is CN=C(NCCc1ccc(S(N)(=O)=O)cc1)NCC(C)(C)c1ccc(F)cc1Cl.I. The Kier molecular flexibility index (Phi) is 9.99. The second-order valence-corrected chi connectivity index (χ2v) is 9.27. The van der Waals surface area contributed by atoms with Gasteiger partial charge in [0.25, 0.3) is 0 Å². The number of hydrogen-bond acceptors (Lipinski definition) is 3. The lowest BCUT2D eigenvalue weighted by Gasteiger charge is -2.27. The average molecular weight is 569 g/mol. The zero-order chi connectivity index (χ0) is 21.7. The van der Waals surface area contributed by atoms with Crippen LogP contribution in [-0.2, 0) is 21.9 Å². The number of nitrogens with zero attached hydrogens (tertiary/aromatic N) is 1. The maximum absolute atomic E-state index is 13.3. The first-order chi connectivity index (χ1) is 13.5. The van der Waals surface area contributed by atoms with Crippen LogP contribution in [0.25, 0.3) is 0 Å². The first-order valence-corrected chi connectivity index (χ1v) is 11.0. The van der Waals surface area contributed by atoms with Crippen molar-refractivity contribution >= 4 is 51.6 Å². The van der Waals surface area contributed by atoms with Crippen LogP contribution in [0.3, 0.4) is 0 Å². The summed E-state index contributed by atoms with van der Waals surface area (Å²) in [5.41, 5.74) is 1.48. The Morgan fingerprint density at radius 2 is 1.80 bits per heavy atom. The summed E-state index contributed by atoms with van der Waals surface area (Å²) in [6, 6.07) is 10.9. The van der Waals surface area contributed by atoms with Crippen molar-refractivity contribution in [1.82, 2.24) is 10.6 Å². The van der Waals surface area contributed by atoms with Crippen molar-refractivity contribution in [3.8, 4) is 0 Å². The number of benzene rings is 2. The van der Waals surface area contributed by atoms with Gasteiger partial charge in [0, 0.05) is 30.6 Å². The van der Waals surface area contributed by atoms with E-state index in [9.17, 15) is 12.8 Å². The molecule has 0 fully saturated rings. The Balaban J connectivity index is 0.00000450. The lowest BCUT2D eigenvalue weighted by atomic mass is 9.84. The molecule has 10 heteroatoms. The van der Waals surface area contributed by atoms with Gasteiger partial charge in [-0.3, -0.25) is 4.99 Å². The topological polar surface area (TPSA) is 96.6 Å². The number of aliphatic imine (C=N–C) groups is 1. The van der Waals surface area contributed by atoms with E-state index in [0.717, 1.165) is 11.1 Å². The molecular weight excluding hydrogens is 542 g/mol. The van der Waals surface area contributed by atoms with Crippen molar-refractivity contribution in [2.75, 3.05) is 20.1 Å². The summed E-state index contributed by atoms with van der Waals surface area (Å²) in [5, 5.41) is 12.0. The standard InChI is InChI=1S/C20H26ClFN4O2S.HI/c1-20(2,17-9-6-15(22)12-18(17)21)13-26-19(24-3)25-11-10-14-4-7-16(8-5-14)29(23,27)28;/h4-9,12H,10-11,13H2,1-3H3,(H2,23,27,28)(H2,24,25,26);1H. The summed E-state index contributed by atoms with van der Waals surface area (Å²) in [5.74, 6) is 0.259. The largest absolute Gasteiger partial charge is 0.356 e. The van der Waals surface area contributed by atoms with E-state index in [4.69, 9.17) is 16.7 Å². The van der Waals surface area contributed by atoms with Crippen molar-refractivity contribution in [2.45, 2.75) is 30.6 Å². The average Bonchev–Trinajstić information content (AvgIpc) is 2.64. The van der Waals surface area contributed by atoms with Gasteiger partial charge in [0.15, 0.2) is 5.96 Å². The number of primary sulfonamides is 1. The first kappa shape index (κ1) is 26.6. The highest BCUT2D eigenvalue weighted by Gasteiger charge is 2.24. The number of hydrogen-bond donors (Lipinski definition) is 3. The molecule has 0 aromatic heterocycles. The van der Waals surface area contributed by atoms with Crippen LogP contribution >= 0.6 is 35.6 Å². The van der Waals surface area contributed by atoms with Gasteiger partial charge in [0.1, 0.15) is 5.82 Å². The molecule has 0 aliphatic heterocycles. The lowest BCUT2D eigenvalue weighted by Crippen LogP contribution is -2.44. The predicted octanol–water partition coefficient (Wildman–Crippen LogP) is 3.43. The zero-order valence-corrected chi connectivity index (χ0v) is 21.0. The molecule has 0 radical (unpaired) electrons. The number of rotatable bonds is 7. The summed E-state index contributed by atoms with van der Waals surface area (Å²) in [6.45, 7) is 5.17. The van der Waals surface area contributed by atoms with Crippen molar-refractivity contribution < 1.29 is 12.8 Å². The molecule has 30 heavy (non-hydrogen) atoms. The molecule has 0 spiro atoms. The van der Waals surface area contributed by atoms with Crippen LogP contribution in [0.2, 0.25) is 5.02 Å². The minimum atomic E-state index is -3.68. The molecule has 0 atom stereocenters. The molecule has 0 saturated heterocycles. The third-order valence-electron chi connectivity index (χ3n) is 4.54. The molecule has 0 amide bonds. The molecule has 2 rings (SSSR count). The fourth-order valence-electron chi connectivity index (χ4n) is 2.83.